The van der Waals surface area contributed by atoms with Crippen molar-refractivity contribution in [3.8, 4) is 0 Å². The van der Waals surface area contributed by atoms with Crippen LogP contribution in [0.1, 0.15) is 45.4 Å². The van der Waals surface area contributed by atoms with E-state index in [-0.39, 0.29) is 12.5 Å². The van der Waals surface area contributed by atoms with Crippen molar-refractivity contribution < 1.29 is 9.90 Å². The molecule has 1 N–H and O–H groups in total. The molecule has 0 aromatic carbocycles. The normalized spacial score (nSPS) is 32.6. The summed E-state index contributed by atoms with van der Waals surface area (Å²) in [4.78, 5) is 15.9. The van der Waals surface area contributed by atoms with Crippen molar-refractivity contribution in [2.45, 2.75) is 63.6 Å². The Bertz CT molecular complexity index is 290. The average Bonchev–Trinajstić information content (AvgIpc) is 2.75. The number of aliphatic carboxylic acids is 1. The molecule has 0 aromatic rings. The lowest BCUT2D eigenvalue weighted by Crippen LogP contribution is -2.49. The van der Waals surface area contributed by atoms with Gasteiger partial charge in [0.05, 0.1) is 6.42 Å². The minimum atomic E-state index is -0.662. The Balaban J connectivity index is 2.13. The molecule has 2 fully saturated rings. The first-order valence-corrected chi connectivity index (χ1v) is 7.25. The fourth-order valence-corrected chi connectivity index (χ4v) is 3.69. The van der Waals surface area contributed by atoms with Gasteiger partial charge in [-0.05, 0) is 39.8 Å². The molecular weight excluding hydrogens is 228 g/mol. The number of carboxylic acids is 1. The zero-order valence-electron chi connectivity index (χ0n) is 11.6. The Morgan fingerprint density at radius 1 is 1.28 bits per heavy atom. The predicted molar refractivity (Wildman–Crippen MR) is 71.7 cm³/mol. The van der Waals surface area contributed by atoms with E-state index in [1.54, 1.807) is 0 Å². The van der Waals surface area contributed by atoms with Crippen molar-refractivity contribution in [2.75, 3.05) is 20.1 Å². The van der Waals surface area contributed by atoms with Crippen molar-refractivity contribution in [1.29, 1.82) is 0 Å². The number of rotatable bonds is 3. The van der Waals surface area contributed by atoms with E-state index in [9.17, 15) is 4.79 Å². The van der Waals surface area contributed by atoms with Crippen LogP contribution in [0.3, 0.4) is 0 Å². The molecule has 1 saturated heterocycles. The molecule has 2 aliphatic rings. The van der Waals surface area contributed by atoms with E-state index in [0.717, 1.165) is 19.5 Å². The summed E-state index contributed by atoms with van der Waals surface area (Å²) in [5.41, 5.74) is 0. The molecule has 1 aliphatic heterocycles. The lowest BCUT2D eigenvalue weighted by Gasteiger charge is -2.39. The molecule has 1 aliphatic carbocycles. The fraction of sp³-hybridized carbons (Fsp3) is 0.929. The van der Waals surface area contributed by atoms with E-state index in [1.807, 2.05) is 0 Å². The highest BCUT2D eigenvalue weighted by atomic mass is 16.4. The topological polar surface area (TPSA) is 43.8 Å². The van der Waals surface area contributed by atoms with Gasteiger partial charge in [0, 0.05) is 24.7 Å². The monoisotopic (exact) mass is 254 g/mol. The van der Waals surface area contributed by atoms with Gasteiger partial charge in [0.2, 0.25) is 0 Å². The summed E-state index contributed by atoms with van der Waals surface area (Å²) in [7, 11) is 2.11. The van der Waals surface area contributed by atoms with E-state index < -0.39 is 5.97 Å². The average molecular weight is 254 g/mol. The summed E-state index contributed by atoms with van der Waals surface area (Å²) in [5.74, 6) is -0.662. The molecule has 4 heteroatoms. The number of hydrogen-bond donors (Lipinski definition) is 1. The number of carbonyl (C=O) groups is 1. The van der Waals surface area contributed by atoms with Crippen LogP contribution in [-0.4, -0.2) is 59.1 Å². The zero-order valence-corrected chi connectivity index (χ0v) is 11.6. The summed E-state index contributed by atoms with van der Waals surface area (Å²) in [6.07, 6.45) is 6.57. The van der Waals surface area contributed by atoms with E-state index in [4.69, 9.17) is 5.11 Å². The highest BCUT2D eigenvalue weighted by Gasteiger charge is 2.35. The highest BCUT2D eigenvalue weighted by molar-refractivity contribution is 5.67. The Morgan fingerprint density at radius 2 is 1.94 bits per heavy atom. The molecule has 2 unspecified atom stereocenters. The maximum Gasteiger partial charge on any atom is 0.304 e. The van der Waals surface area contributed by atoms with Crippen LogP contribution in [0, 0.1) is 0 Å². The molecule has 0 bridgehead atoms. The van der Waals surface area contributed by atoms with Crippen LogP contribution in [0.15, 0.2) is 0 Å². The molecule has 1 saturated carbocycles. The molecule has 0 aromatic heterocycles. The standard InChI is InChI=1S/C14H26N2O2/c1-11-7-8-15(2)10-13(9-14(17)18)16(11)12-5-3-4-6-12/h11-13H,3-10H2,1-2H3,(H,17,18). The molecule has 1 heterocycles. The smallest absolute Gasteiger partial charge is 0.304 e. The first-order chi connectivity index (χ1) is 8.58. The first kappa shape index (κ1) is 13.8. The van der Waals surface area contributed by atoms with Crippen LogP contribution in [0.5, 0.6) is 0 Å². The minimum absolute atomic E-state index is 0.188. The summed E-state index contributed by atoms with van der Waals surface area (Å²) in [5, 5.41) is 9.15. The highest BCUT2D eigenvalue weighted by Crippen LogP contribution is 2.30. The third-order valence-corrected chi connectivity index (χ3v) is 4.54. The zero-order chi connectivity index (χ0) is 13.1. The van der Waals surface area contributed by atoms with Gasteiger partial charge in [-0.3, -0.25) is 9.69 Å². The Kier molecular flexibility index (Phi) is 4.62. The van der Waals surface area contributed by atoms with Gasteiger partial charge in [-0.1, -0.05) is 12.8 Å². The van der Waals surface area contributed by atoms with Crippen molar-refractivity contribution >= 4 is 5.97 Å². The van der Waals surface area contributed by atoms with Crippen LogP contribution in [0.2, 0.25) is 0 Å². The predicted octanol–water partition coefficient (Wildman–Crippen LogP) is 1.80. The first-order valence-electron chi connectivity index (χ1n) is 7.25. The van der Waals surface area contributed by atoms with Gasteiger partial charge in [-0.25, -0.2) is 0 Å². The van der Waals surface area contributed by atoms with Crippen LogP contribution in [0.4, 0.5) is 0 Å². The van der Waals surface area contributed by atoms with E-state index in [2.05, 4.69) is 23.8 Å². The van der Waals surface area contributed by atoms with Crippen LogP contribution < -0.4 is 0 Å². The summed E-state index contributed by atoms with van der Waals surface area (Å²) < 4.78 is 0. The lowest BCUT2D eigenvalue weighted by atomic mass is 10.0. The van der Waals surface area contributed by atoms with Crippen molar-refractivity contribution in [1.82, 2.24) is 9.80 Å². The van der Waals surface area contributed by atoms with E-state index >= 15 is 0 Å². The summed E-state index contributed by atoms with van der Waals surface area (Å²) in [6.45, 7) is 4.25. The molecule has 0 amide bonds. The van der Waals surface area contributed by atoms with Gasteiger partial charge in [0.1, 0.15) is 0 Å². The molecule has 0 radical (unpaired) electrons. The molecule has 104 valence electrons. The van der Waals surface area contributed by atoms with Crippen LogP contribution in [-0.2, 0) is 4.79 Å². The maximum atomic E-state index is 11.1. The summed E-state index contributed by atoms with van der Waals surface area (Å²) >= 11 is 0. The molecule has 2 atom stereocenters. The number of likely N-dealkylation sites (N-methyl/N-ethyl adjacent to an activating group) is 1. The molecule has 18 heavy (non-hydrogen) atoms. The quantitative estimate of drug-likeness (QED) is 0.834. The SMILES string of the molecule is CC1CCN(C)CC(CC(=O)O)N1C1CCCC1. The third kappa shape index (κ3) is 3.23. The second-order valence-corrected chi connectivity index (χ2v) is 6.04. The Hall–Kier alpha value is -0.610. The second kappa shape index (κ2) is 6.02. The van der Waals surface area contributed by atoms with Gasteiger partial charge in [-0.15, -0.1) is 0 Å². The fourth-order valence-electron chi connectivity index (χ4n) is 3.69. The molecule has 0 spiro atoms. The number of hydrogen-bond acceptors (Lipinski definition) is 3. The van der Waals surface area contributed by atoms with Crippen molar-refractivity contribution in [3.63, 3.8) is 0 Å². The van der Waals surface area contributed by atoms with Gasteiger partial charge in [0.15, 0.2) is 0 Å². The minimum Gasteiger partial charge on any atom is -0.481 e. The van der Waals surface area contributed by atoms with Gasteiger partial charge < -0.3 is 10.0 Å². The lowest BCUT2D eigenvalue weighted by molar-refractivity contribution is -0.139. The largest absolute Gasteiger partial charge is 0.481 e. The van der Waals surface area contributed by atoms with Crippen LogP contribution in [0.25, 0.3) is 0 Å². The number of carboxylic acid groups (broad SMARTS) is 1. The Labute approximate surface area is 110 Å². The summed E-state index contributed by atoms with van der Waals surface area (Å²) in [6, 6.07) is 1.33. The van der Waals surface area contributed by atoms with Gasteiger partial charge in [-0.2, -0.15) is 0 Å². The third-order valence-electron chi connectivity index (χ3n) is 4.54. The second-order valence-electron chi connectivity index (χ2n) is 6.04. The van der Waals surface area contributed by atoms with Crippen LogP contribution >= 0.6 is 0 Å². The Morgan fingerprint density at radius 3 is 2.56 bits per heavy atom. The number of nitrogens with zero attached hydrogens (tertiary/aromatic N) is 2. The maximum absolute atomic E-state index is 11.1. The van der Waals surface area contributed by atoms with Crippen molar-refractivity contribution in [2.24, 2.45) is 0 Å². The van der Waals surface area contributed by atoms with E-state index in [0.29, 0.717) is 12.1 Å². The molecule has 2 rings (SSSR count). The van der Waals surface area contributed by atoms with Gasteiger partial charge >= 0.3 is 5.97 Å². The van der Waals surface area contributed by atoms with E-state index in [1.165, 1.54) is 25.7 Å². The van der Waals surface area contributed by atoms with Gasteiger partial charge in [0.25, 0.3) is 0 Å². The molecular formula is C14H26N2O2. The van der Waals surface area contributed by atoms with Crippen molar-refractivity contribution in [3.05, 3.63) is 0 Å². The molecule has 4 nitrogen and oxygen atoms in total.